The minimum atomic E-state index is -3.59. The third kappa shape index (κ3) is 3.11. The quantitative estimate of drug-likeness (QED) is 0.815. The normalized spacial score (nSPS) is 13.0. The topological polar surface area (TPSA) is 98.0 Å². The van der Waals surface area contributed by atoms with Crippen molar-refractivity contribution in [1.82, 2.24) is 14.9 Å². The van der Waals surface area contributed by atoms with Gasteiger partial charge in [-0.3, -0.25) is 0 Å². The summed E-state index contributed by atoms with van der Waals surface area (Å²) in [7, 11) is -3.59. The number of nitrogens with one attached hydrogen (secondary N) is 1. The Balaban J connectivity index is 2.95. The fourth-order valence-electron chi connectivity index (χ4n) is 0.809. The van der Waals surface area contributed by atoms with Gasteiger partial charge in [-0.25, -0.2) is 13.1 Å². The smallest absolute Gasteiger partial charge is 0.270 e. The lowest BCUT2D eigenvalue weighted by Gasteiger charge is -2.22. The molecule has 0 saturated heterocycles. The maximum atomic E-state index is 11.8. The second kappa shape index (κ2) is 4.03. The molecule has 0 saturated carbocycles. The van der Waals surface area contributed by atoms with E-state index >= 15 is 0 Å². The molecule has 15 heavy (non-hydrogen) atoms. The van der Waals surface area contributed by atoms with E-state index in [4.69, 9.17) is 5.73 Å². The average molecular weight is 250 g/mol. The summed E-state index contributed by atoms with van der Waals surface area (Å²) in [5.41, 5.74) is 4.82. The van der Waals surface area contributed by atoms with Crippen molar-refractivity contribution in [3.63, 3.8) is 0 Å². The largest absolute Gasteiger partial charge is 0.374 e. The van der Waals surface area contributed by atoms with Crippen LogP contribution in [0.15, 0.2) is 4.34 Å². The van der Waals surface area contributed by atoms with Crippen LogP contribution in [-0.2, 0) is 10.0 Å². The van der Waals surface area contributed by atoms with E-state index in [2.05, 4.69) is 14.9 Å². The third-order valence-electron chi connectivity index (χ3n) is 1.95. The van der Waals surface area contributed by atoms with E-state index in [-0.39, 0.29) is 9.47 Å². The highest BCUT2D eigenvalue weighted by Gasteiger charge is 2.27. The number of aromatic nitrogens is 2. The first-order chi connectivity index (χ1) is 6.77. The summed E-state index contributed by atoms with van der Waals surface area (Å²) in [6.45, 7) is 5.50. The molecular weight excluding hydrogens is 236 g/mol. The Kier molecular flexibility index (Phi) is 3.31. The van der Waals surface area contributed by atoms with E-state index < -0.39 is 15.6 Å². The van der Waals surface area contributed by atoms with Crippen molar-refractivity contribution in [2.45, 2.75) is 37.1 Å². The van der Waals surface area contributed by atoms with Gasteiger partial charge in [0, 0.05) is 5.54 Å². The molecular formula is C7H14N4O2S2. The van der Waals surface area contributed by atoms with Crippen LogP contribution in [-0.4, -0.2) is 24.2 Å². The molecule has 0 radical (unpaired) electrons. The van der Waals surface area contributed by atoms with E-state index in [9.17, 15) is 8.42 Å². The molecule has 0 unspecified atom stereocenters. The van der Waals surface area contributed by atoms with Crippen LogP contribution in [0.4, 0.5) is 5.13 Å². The molecule has 1 aromatic heterocycles. The fraction of sp³-hybridized carbons (Fsp3) is 0.714. The lowest BCUT2D eigenvalue weighted by atomic mass is 10.0. The highest BCUT2D eigenvalue weighted by Crippen LogP contribution is 2.19. The Hall–Kier alpha value is -0.730. The van der Waals surface area contributed by atoms with Crippen molar-refractivity contribution in [1.29, 1.82) is 0 Å². The molecule has 0 atom stereocenters. The minimum Gasteiger partial charge on any atom is -0.374 e. The van der Waals surface area contributed by atoms with Gasteiger partial charge in [-0.2, -0.15) is 0 Å². The molecule has 0 fully saturated rings. The van der Waals surface area contributed by atoms with Crippen molar-refractivity contribution in [2.24, 2.45) is 0 Å². The zero-order chi connectivity index (χ0) is 11.7. The Morgan fingerprint density at radius 1 is 1.47 bits per heavy atom. The number of nitrogen functional groups attached to an aromatic ring is 1. The Bertz CT molecular complexity index is 438. The first-order valence-electron chi connectivity index (χ1n) is 4.40. The van der Waals surface area contributed by atoms with Crippen molar-refractivity contribution in [2.75, 3.05) is 5.73 Å². The molecule has 1 heterocycles. The van der Waals surface area contributed by atoms with Crippen LogP contribution in [0.25, 0.3) is 0 Å². The maximum Gasteiger partial charge on any atom is 0.270 e. The Morgan fingerprint density at radius 2 is 2.07 bits per heavy atom. The highest BCUT2D eigenvalue weighted by molar-refractivity contribution is 7.91. The van der Waals surface area contributed by atoms with E-state index in [1.54, 1.807) is 13.8 Å². The first-order valence-corrected chi connectivity index (χ1v) is 6.70. The highest BCUT2D eigenvalue weighted by atomic mass is 32.2. The lowest BCUT2D eigenvalue weighted by molar-refractivity contribution is 0.439. The van der Waals surface area contributed by atoms with Gasteiger partial charge in [-0.15, -0.1) is 10.2 Å². The van der Waals surface area contributed by atoms with Crippen LogP contribution in [0.2, 0.25) is 0 Å². The maximum absolute atomic E-state index is 11.8. The van der Waals surface area contributed by atoms with Crippen molar-refractivity contribution < 1.29 is 8.42 Å². The summed E-state index contributed by atoms with van der Waals surface area (Å²) in [6.07, 6.45) is 0.681. The number of nitrogens with zero attached hydrogens (tertiary/aromatic N) is 2. The molecule has 0 bridgehead atoms. The summed E-state index contributed by atoms with van der Waals surface area (Å²) in [4.78, 5) is 0. The molecule has 8 heteroatoms. The third-order valence-corrected chi connectivity index (χ3v) is 4.76. The lowest BCUT2D eigenvalue weighted by Crippen LogP contribution is -2.42. The van der Waals surface area contributed by atoms with Crippen molar-refractivity contribution in [3.8, 4) is 0 Å². The summed E-state index contributed by atoms with van der Waals surface area (Å²) in [6, 6.07) is 0. The van der Waals surface area contributed by atoms with Gasteiger partial charge in [0.05, 0.1) is 0 Å². The summed E-state index contributed by atoms with van der Waals surface area (Å²) >= 11 is 0.851. The van der Waals surface area contributed by atoms with Crippen LogP contribution >= 0.6 is 11.3 Å². The predicted octanol–water partition coefficient (Wildman–Crippen LogP) is 0.587. The molecule has 3 N–H and O–H groups in total. The van der Waals surface area contributed by atoms with Crippen LogP contribution in [0.3, 0.4) is 0 Å². The first kappa shape index (κ1) is 12.3. The van der Waals surface area contributed by atoms with Gasteiger partial charge < -0.3 is 5.73 Å². The van der Waals surface area contributed by atoms with Crippen molar-refractivity contribution >= 4 is 26.5 Å². The SMILES string of the molecule is CCC(C)(C)NS(=O)(=O)c1nnc(N)s1. The molecule has 6 nitrogen and oxygen atoms in total. The molecule has 86 valence electrons. The average Bonchev–Trinajstić information content (AvgIpc) is 2.51. The monoisotopic (exact) mass is 250 g/mol. The van der Waals surface area contributed by atoms with Crippen LogP contribution in [0.5, 0.6) is 0 Å². The standard InChI is InChI=1S/C7H14N4O2S2/c1-4-7(2,3)11-15(12,13)6-10-9-5(8)14-6/h11H,4H2,1-3H3,(H2,8,9). The second-order valence-corrected chi connectivity index (χ2v) is 6.61. The second-order valence-electron chi connectivity index (χ2n) is 3.75. The molecule has 0 amide bonds. The van der Waals surface area contributed by atoms with Gasteiger partial charge in [0.15, 0.2) is 0 Å². The number of nitrogens with two attached hydrogens (primary N) is 1. The summed E-state index contributed by atoms with van der Waals surface area (Å²) < 4.78 is 26.0. The van der Waals surface area contributed by atoms with Gasteiger partial charge in [0.2, 0.25) is 9.47 Å². The van der Waals surface area contributed by atoms with Gasteiger partial charge in [-0.05, 0) is 20.3 Å². The van der Waals surface area contributed by atoms with Crippen LogP contribution in [0.1, 0.15) is 27.2 Å². The van der Waals surface area contributed by atoms with Gasteiger partial charge >= 0.3 is 0 Å². The molecule has 1 rings (SSSR count). The van der Waals surface area contributed by atoms with Gasteiger partial charge in [0.25, 0.3) is 10.0 Å². The fourth-order valence-corrected chi connectivity index (χ4v) is 3.08. The Morgan fingerprint density at radius 3 is 2.47 bits per heavy atom. The number of sulfonamides is 1. The molecule has 0 aliphatic heterocycles. The summed E-state index contributed by atoms with van der Waals surface area (Å²) in [5, 5.41) is 7.11. The van der Waals surface area contributed by atoms with E-state index in [0.717, 1.165) is 11.3 Å². The molecule has 0 aliphatic carbocycles. The molecule has 0 aliphatic rings. The number of rotatable bonds is 4. The zero-order valence-corrected chi connectivity index (χ0v) is 10.4. The zero-order valence-electron chi connectivity index (χ0n) is 8.81. The summed E-state index contributed by atoms with van der Waals surface area (Å²) in [5.74, 6) is 0. The number of hydrogen-bond acceptors (Lipinski definition) is 6. The van der Waals surface area contributed by atoms with E-state index in [1.165, 1.54) is 0 Å². The van der Waals surface area contributed by atoms with Crippen molar-refractivity contribution in [3.05, 3.63) is 0 Å². The van der Waals surface area contributed by atoms with Crippen LogP contribution < -0.4 is 10.5 Å². The van der Waals surface area contributed by atoms with Gasteiger partial charge in [0.1, 0.15) is 0 Å². The molecule has 0 spiro atoms. The molecule has 1 aromatic rings. The van der Waals surface area contributed by atoms with Gasteiger partial charge in [-0.1, -0.05) is 18.3 Å². The van der Waals surface area contributed by atoms with E-state index in [1.807, 2.05) is 6.92 Å². The molecule has 0 aromatic carbocycles. The number of hydrogen-bond donors (Lipinski definition) is 2. The van der Waals surface area contributed by atoms with E-state index in [0.29, 0.717) is 6.42 Å². The Labute approximate surface area is 93.0 Å². The minimum absolute atomic E-state index is 0.0958. The predicted molar refractivity (Wildman–Crippen MR) is 59.0 cm³/mol. The van der Waals surface area contributed by atoms with Crippen LogP contribution in [0, 0.1) is 0 Å². The number of anilines is 1.